The van der Waals surface area contributed by atoms with Gasteiger partial charge in [0.2, 0.25) is 0 Å². The molecule has 7 heteroatoms. The van der Waals surface area contributed by atoms with Crippen molar-refractivity contribution in [3.8, 4) is 5.75 Å². The fraction of sp³-hybridized carbons (Fsp3) is 0.278. The summed E-state index contributed by atoms with van der Waals surface area (Å²) in [7, 11) is 1.77. The summed E-state index contributed by atoms with van der Waals surface area (Å²) in [5.74, 6) is -0.750. The number of halogens is 3. The van der Waals surface area contributed by atoms with Crippen LogP contribution in [0.25, 0.3) is 0 Å². The molecule has 0 aliphatic heterocycles. The molecule has 0 fully saturated rings. The van der Waals surface area contributed by atoms with Crippen molar-refractivity contribution in [3.63, 3.8) is 0 Å². The zero-order valence-electron chi connectivity index (χ0n) is 13.7. The number of nitrogens with one attached hydrogen (secondary N) is 1. The van der Waals surface area contributed by atoms with Crippen molar-refractivity contribution in [2.24, 2.45) is 0 Å². The molecule has 0 atom stereocenters. The van der Waals surface area contributed by atoms with Gasteiger partial charge in [0.05, 0.1) is 5.69 Å². The molecule has 0 aliphatic rings. The minimum Gasteiger partial charge on any atom is -0.435 e. The number of carbonyl (C=O) groups excluding carboxylic acids is 1. The van der Waals surface area contributed by atoms with Crippen LogP contribution in [0.15, 0.2) is 48.5 Å². The predicted molar refractivity (Wildman–Crippen MR) is 89.7 cm³/mol. The standard InChI is InChI=1S/C18H19F3N2O2/c1-23(16-9-3-2-8-15(16)19)11-5-10-22-17(24)13-6-4-7-14(12-13)25-18(20)21/h2-4,6-9,12,18H,5,10-11H2,1H3,(H,22,24). The Morgan fingerprint density at radius 3 is 2.68 bits per heavy atom. The summed E-state index contributed by atoms with van der Waals surface area (Å²) >= 11 is 0. The molecule has 0 saturated carbocycles. The van der Waals surface area contributed by atoms with Crippen LogP contribution in [0.3, 0.4) is 0 Å². The topological polar surface area (TPSA) is 41.6 Å². The predicted octanol–water partition coefficient (Wildman–Crippen LogP) is 3.68. The van der Waals surface area contributed by atoms with E-state index >= 15 is 0 Å². The molecule has 0 aromatic heterocycles. The summed E-state index contributed by atoms with van der Waals surface area (Å²) in [4.78, 5) is 13.8. The Morgan fingerprint density at radius 2 is 1.96 bits per heavy atom. The van der Waals surface area contributed by atoms with Crippen molar-refractivity contribution in [2.75, 3.05) is 25.0 Å². The highest BCUT2D eigenvalue weighted by Crippen LogP contribution is 2.17. The number of hydrogen-bond acceptors (Lipinski definition) is 3. The van der Waals surface area contributed by atoms with Crippen LogP contribution in [0.2, 0.25) is 0 Å². The second-order valence-corrected chi connectivity index (χ2v) is 5.39. The van der Waals surface area contributed by atoms with Crippen molar-refractivity contribution in [3.05, 3.63) is 59.9 Å². The van der Waals surface area contributed by atoms with Crippen molar-refractivity contribution in [1.82, 2.24) is 5.32 Å². The molecule has 4 nitrogen and oxygen atoms in total. The van der Waals surface area contributed by atoms with E-state index in [9.17, 15) is 18.0 Å². The average molecular weight is 352 g/mol. The third-order valence-corrected chi connectivity index (χ3v) is 3.54. The summed E-state index contributed by atoms with van der Waals surface area (Å²) in [6.07, 6.45) is 0.601. The average Bonchev–Trinajstić information content (AvgIpc) is 2.58. The van der Waals surface area contributed by atoms with Crippen LogP contribution in [-0.2, 0) is 0 Å². The lowest BCUT2D eigenvalue weighted by Gasteiger charge is -2.19. The quantitative estimate of drug-likeness (QED) is 0.737. The van der Waals surface area contributed by atoms with Gasteiger partial charge in [0.1, 0.15) is 11.6 Å². The van der Waals surface area contributed by atoms with Gasteiger partial charge in [-0.2, -0.15) is 8.78 Å². The molecule has 0 bridgehead atoms. The molecule has 0 spiro atoms. The third-order valence-electron chi connectivity index (χ3n) is 3.54. The molecular weight excluding hydrogens is 333 g/mol. The highest BCUT2D eigenvalue weighted by Gasteiger charge is 2.10. The van der Waals surface area contributed by atoms with Crippen molar-refractivity contribution < 1.29 is 22.7 Å². The lowest BCUT2D eigenvalue weighted by atomic mass is 10.2. The maximum atomic E-state index is 13.7. The highest BCUT2D eigenvalue weighted by molar-refractivity contribution is 5.94. The van der Waals surface area contributed by atoms with E-state index in [0.29, 0.717) is 25.2 Å². The number of rotatable bonds is 8. The molecule has 2 aromatic rings. The van der Waals surface area contributed by atoms with Gasteiger partial charge >= 0.3 is 6.61 Å². The summed E-state index contributed by atoms with van der Waals surface area (Å²) < 4.78 is 42.3. The number of para-hydroxylation sites is 1. The smallest absolute Gasteiger partial charge is 0.387 e. The summed E-state index contributed by atoms with van der Waals surface area (Å²) in [5, 5.41) is 2.70. The monoisotopic (exact) mass is 352 g/mol. The van der Waals surface area contributed by atoms with E-state index in [4.69, 9.17) is 0 Å². The molecule has 2 rings (SSSR count). The Balaban J connectivity index is 1.80. The van der Waals surface area contributed by atoms with E-state index < -0.39 is 6.61 Å². The molecule has 2 aromatic carbocycles. The lowest BCUT2D eigenvalue weighted by Crippen LogP contribution is -2.28. The van der Waals surface area contributed by atoms with E-state index in [0.717, 1.165) is 0 Å². The van der Waals surface area contributed by atoms with Crippen LogP contribution in [0.4, 0.5) is 18.9 Å². The molecular formula is C18H19F3N2O2. The maximum Gasteiger partial charge on any atom is 0.387 e. The van der Waals surface area contributed by atoms with Gasteiger partial charge in [-0.05, 0) is 36.8 Å². The number of carbonyl (C=O) groups is 1. The molecule has 0 heterocycles. The second kappa shape index (κ2) is 8.96. The maximum absolute atomic E-state index is 13.7. The van der Waals surface area contributed by atoms with E-state index in [2.05, 4.69) is 10.1 Å². The largest absolute Gasteiger partial charge is 0.435 e. The zero-order valence-corrected chi connectivity index (χ0v) is 13.7. The number of anilines is 1. The molecule has 0 radical (unpaired) electrons. The van der Waals surface area contributed by atoms with Crippen LogP contribution < -0.4 is 15.0 Å². The normalized spacial score (nSPS) is 10.6. The van der Waals surface area contributed by atoms with E-state index in [1.807, 2.05) is 0 Å². The lowest BCUT2D eigenvalue weighted by molar-refractivity contribution is -0.0498. The molecule has 1 N–H and O–H groups in total. The second-order valence-electron chi connectivity index (χ2n) is 5.39. The summed E-state index contributed by atoms with van der Waals surface area (Å²) in [6.45, 7) is -2.01. The van der Waals surface area contributed by atoms with Crippen LogP contribution in [0.1, 0.15) is 16.8 Å². The van der Waals surface area contributed by atoms with Gasteiger partial charge in [-0.15, -0.1) is 0 Å². The Kier molecular flexibility index (Phi) is 6.68. The SMILES string of the molecule is CN(CCCNC(=O)c1cccc(OC(F)F)c1)c1ccccc1F. The van der Waals surface area contributed by atoms with Gasteiger partial charge in [0.15, 0.2) is 0 Å². The van der Waals surface area contributed by atoms with Crippen molar-refractivity contribution in [1.29, 1.82) is 0 Å². The van der Waals surface area contributed by atoms with Crippen LogP contribution >= 0.6 is 0 Å². The van der Waals surface area contributed by atoms with E-state index in [1.165, 1.54) is 30.3 Å². The van der Waals surface area contributed by atoms with Crippen LogP contribution in [0.5, 0.6) is 5.75 Å². The molecule has 1 amide bonds. The number of ether oxygens (including phenoxy) is 1. The Morgan fingerprint density at radius 1 is 1.20 bits per heavy atom. The number of benzene rings is 2. The number of amides is 1. The van der Waals surface area contributed by atoms with Gasteiger partial charge < -0.3 is 15.0 Å². The third kappa shape index (κ3) is 5.70. The van der Waals surface area contributed by atoms with Gasteiger partial charge in [-0.1, -0.05) is 18.2 Å². The Labute approximate surface area is 144 Å². The van der Waals surface area contributed by atoms with Crippen LogP contribution in [-0.4, -0.2) is 32.7 Å². The molecule has 134 valence electrons. The van der Waals surface area contributed by atoms with Gasteiger partial charge in [-0.3, -0.25) is 4.79 Å². The Hall–Kier alpha value is -2.70. The highest BCUT2D eigenvalue weighted by atomic mass is 19.3. The fourth-order valence-corrected chi connectivity index (χ4v) is 2.32. The molecule has 25 heavy (non-hydrogen) atoms. The minimum atomic E-state index is -2.94. The number of nitrogens with zero attached hydrogens (tertiary/aromatic N) is 1. The van der Waals surface area contributed by atoms with E-state index in [1.54, 1.807) is 30.1 Å². The summed E-state index contributed by atoms with van der Waals surface area (Å²) in [6, 6.07) is 12.0. The van der Waals surface area contributed by atoms with E-state index in [-0.39, 0.29) is 23.0 Å². The first kappa shape index (κ1) is 18.6. The van der Waals surface area contributed by atoms with Crippen LogP contribution in [0, 0.1) is 5.82 Å². The number of hydrogen-bond donors (Lipinski definition) is 1. The van der Waals surface area contributed by atoms with Crippen molar-refractivity contribution >= 4 is 11.6 Å². The van der Waals surface area contributed by atoms with Crippen molar-refractivity contribution in [2.45, 2.75) is 13.0 Å². The van der Waals surface area contributed by atoms with Gasteiger partial charge in [0.25, 0.3) is 5.91 Å². The first-order valence-electron chi connectivity index (χ1n) is 7.76. The molecule has 0 unspecified atom stereocenters. The molecule has 0 saturated heterocycles. The fourth-order valence-electron chi connectivity index (χ4n) is 2.32. The number of alkyl halides is 2. The van der Waals surface area contributed by atoms with Gasteiger partial charge in [-0.25, -0.2) is 4.39 Å². The zero-order chi connectivity index (χ0) is 18.2. The Bertz CT molecular complexity index is 710. The first-order chi connectivity index (χ1) is 12.0. The first-order valence-corrected chi connectivity index (χ1v) is 7.76. The molecule has 0 aliphatic carbocycles. The summed E-state index contributed by atoms with van der Waals surface area (Å²) in [5.41, 5.74) is 0.728. The van der Waals surface area contributed by atoms with Gasteiger partial charge in [0, 0.05) is 25.7 Å². The minimum absolute atomic E-state index is 0.0677.